The fourth-order valence-corrected chi connectivity index (χ4v) is 2.72. The van der Waals surface area contributed by atoms with E-state index in [4.69, 9.17) is 9.47 Å². The van der Waals surface area contributed by atoms with Gasteiger partial charge in [0.2, 0.25) is 0 Å². The molecule has 0 amide bonds. The molecule has 0 radical (unpaired) electrons. The van der Waals surface area contributed by atoms with Gasteiger partial charge in [-0.05, 0) is 24.2 Å². The van der Waals surface area contributed by atoms with Crippen LogP contribution in [-0.4, -0.2) is 44.3 Å². The Labute approximate surface area is 108 Å². The molecular formula is C14H20N2O2. The molecular weight excluding hydrogens is 228 g/mol. The van der Waals surface area contributed by atoms with Gasteiger partial charge < -0.3 is 14.8 Å². The van der Waals surface area contributed by atoms with Crippen LogP contribution in [0.25, 0.3) is 0 Å². The maximum Gasteiger partial charge on any atom is 0.161 e. The predicted octanol–water partition coefficient (Wildman–Crippen LogP) is 1.42. The van der Waals surface area contributed by atoms with Gasteiger partial charge in [0.1, 0.15) is 13.2 Å². The van der Waals surface area contributed by atoms with Gasteiger partial charge in [-0.15, -0.1) is 0 Å². The van der Waals surface area contributed by atoms with Crippen LogP contribution in [0.15, 0.2) is 18.2 Å². The number of nitrogens with zero attached hydrogens (tertiary/aromatic N) is 1. The van der Waals surface area contributed by atoms with Crippen LogP contribution >= 0.6 is 0 Å². The van der Waals surface area contributed by atoms with E-state index in [9.17, 15) is 0 Å². The second-order valence-electron chi connectivity index (χ2n) is 4.75. The standard InChI is InChI=1S/C14H20N2O2/c1-2-16-6-5-15-10-12(16)11-3-4-13-14(9-11)18-8-7-17-13/h3-4,9,12,15H,2,5-8,10H2,1H3. The van der Waals surface area contributed by atoms with Crippen LogP contribution in [0.3, 0.4) is 0 Å². The second-order valence-corrected chi connectivity index (χ2v) is 4.75. The molecule has 1 aromatic rings. The third kappa shape index (κ3) is 2.18. The number of ether oxygens (including phenoxy) is 2. The number of likely N-dealkylation sites (N-methyl/N-ethyl adjacent to an activating group) is 1. The van der Waals surface area contributed by atoms with Crippen molar-refractivity contribution < 1.29 is 9.47 Å². The molecule has 2 aliphatic heterocycles. The van der Waals surface area contributed by atoms with Crippen molar-refractivity contribution in [2.45, 2.75) is 13.0 Å². The van der Waals surface area contributed by atoms with Crippen molar-refractivity contribution >= 4 is 0 Å². The summed E-state index contributed by atoms with van der Waals surface area (Å²) >= 11 is 0. The van der Waals surface area contributed by atoms with Crippen LogP contribution in [0.2, 0.25) is 0 Å². The third-order valence-corrected chi connectivity index (χ3v) is 3.71. The quantitative estimate of drug-likeness (QED) is 0.858. The summed E-state index contributed by atoms with van der Waals surface area (Å²) in [4.78, 5) is 2.50. The van der Waals surface area contributed by atoms with E-state index in [-0.39, 0.29) is 0 Å². The molecule has 0 bridgehead atoms. The molecule has 0 aromatic heterocycles. The number of piperazine rings is 1. The topological polar surface area (TPSA) is 33.7 Å². The molecule has 4 nitrogen and oxygen atoms in total. The molecule has 0 aliphatic carbocycles. The van der Waals surface area contributed by atoms with E-state index in [0.29, 0.717) is 19.3 Å². The minimum absolute atomic E-state index is 0.444. The summed E-state index contributed by atoms with van der Waals surface area (Å²) in [7, 11) is 0. The Morgan fingerprint density at radius 3 is 2.94 bits per heavy atom. The van der Waals surface area contributed by atoms with Gasteiger partial charge in [0.15, 0.2) is 11.5 Å². The van der Waals surface area contributed by atoms with Crippen molar-refractivity contribution in [3.8, 4) is 11.5 Å². The van der Waals surface area contributed by atoms with Gasteiger partial charge in [-0.1, -0.05) is 13.0 Å². The molecule has 18 heavy (non-hydrogen) atoms. The van der Waals surface area contributed by atoms with Crippen molar-refractivity contribution in [2.75, 3.05) is 39.4 Å². The molecule has 3 rings (SSSR count). The largest absolute Gasteiger partial charge is 0.486 e. The summed E-state index contributed by atoms with van der Waals surface area (Å²) in [5.41, 5.74) is 1.31. The lowest BCUT2D eigenvalue weighted by Gasteiger charge is -2.36. The smallest absolute Gasteiger partial charge is 0.161 e. The number of hydrogen-bond donors (Lipinski definition) is 1. The first-order chi connectivity index (χ1) is 8.88. The zero-order valence-electron chi connectivity index (χ0n) is 10.8. The monoisotopic (exact) mass is 248 g/mol. The van der Waals surface area contributed by atoms with Crippen LogP contribution in [0.1, 0.15) is 18.5 Å². The molecule has 1 atom stereocenters. The average Bonchev–Trinajstić information content (AvgIpc) is 2.46. The Hall–Kier alpha value is -1.26. The van der Waals surface area contributed by atoms with Gasteiger partial charge >= 0.3 is 0 Å². The lowest BCUT2D eigenvalue weighted by atomic mass is 10.0. The van der Waals surface area contributed by atoms with Crippen LogP contribution < -0.4 is 14.8 Å². The Kier molecular flexibility index (Phi) is 3.39. The predicted molar refractivity (Wildman–Crippen MR) is 70.3 cm³/mol. The molecule has 98 valence electrons. The number of nitrogens with one attached hydrogen (secondary N) is 1. The Bertz CT molecular complexity index is 422. The van der Waals surface area contributed by atoms with Crippen LogP contribution in [0, 0.1) is 0 Å². The Balaban J connectivity index is 1.86. The van der Waals surface area contributed by atoms with E-state index in [1.165, 1.54) is 5.56 Å². The highest BCUT2D eigenvalue weighted by Crippen LogP contribution is 2.34. The first-order valence-electron chi connectivity index (χ1n) is 6.73. The maximum atomic E-state index is 5.66. The molecule has 0 saturated carbocycles. The molecule has 2 heterocycles. The van der Waals surface area contributed by atoms with Crippen LogP contribution in [0.4, 0.5) is 0 Å². The second kappa shape index (κ2) is 5.16. The summed E-state index contributed by atoms with van der Waals surface area (Å²) in [6.07, 6.45) is 0. The van der Waals surface area contributed by atoms with Crippen molar-refractivity contribution in [1.29, 1.82) is 0 Å². The summed E-state index contributed by atoms with van der Waals surface area (Å²) < 4.78 is 11.2. The number of fused-ring (bicyclic) bond motifs is 1. The lowest BCUT2D eigenvalue weighted by molar-refractivity contribution is 0.163. The normalized spacial score (nSPS) is 23.9. The van der Waals surface area contributed by atoms with Gasteiger partial charge in [0.05, 0.1) is 0 Å². The summed E-state index contributed by atoms with van der Waals surface area (Å²) in [5, 5.41) is 3.46. The molecule has 1 N–H and O–H groups in total. The minimum Gasteiger partial charge on any atom is -0.486 e. The van der Waals surface area contributed by atoms with Crippen LogP contribution in [-0.2, 0) is 0 Å². The van der Waals surface area contributed by atoms with Crippen molar-refractivity contribution in [3.63, 3.8) is 0 Å². The summed E-state index contributed by atoms with van der Waals surface area (Å²) in [5.74, 6) is 1.76. The van der Waals surface area contributed by atoms with Gasteiger partial charge in [0, 0.05) is 25.7 Å². The van der Waals surface area contributed by atoms with Crippen molar-refractivity contribution in [2.24, 2.45) is 0 Å². The third-order valence-electron chi connectivity index (χ3n) is 3.71. The highest BCUT2D eigenvalue weighted by molar-refractivity contribution is 5.44. The summed E-state index contributed by atoms with van der Waals surface area (Å²) in [6.45, 7) is 7.80. The fraction of sp³-hybridized carbons (Fsp3) is 0.571. The average molecular weight is 248 g/mol. The molecule has 1 saturated heterocycles. The van der Waals surface area contributed by atoms with E-state index in [1.54, 1.807) is 0 Å². The van der Waals surface area contributed by atoms with E-state index in [2.05, 4.69) is 29.3 Å². The van der Waals surface area contributed by atoms with E-state index < -0.39 is 0 Å². The first-order valence-corrected chi connectivity index (χ1v) is 6.73. The molecule has 1 aromatic carbocycles. The Morgan fingerprint density at radius 1 is 1.28 bits per heavy atom. The van der Waals surface area contributed by atoms with Gasteiger partial charge in [-0.3, -0.25) is 4.90 Å². The number of rotatable bonds is 2. The van der Waals surface area contributed by atoms with E-state index in [1.807, 2.05) is 6.07 Å². The fourth-order valence-electron chi connectivity index (χ4n) is 2.72. The molecule has 0 spiro atoms. The maximum absolute atomic E-state index is 5.66. The zero-order valence-corrected chi connectivity index (χ0v) is 10.8. The minimum atomic E-state index is 0.444. The Morgan fingerprint density at radius 2 is 2.11 bits per heavy atom. The first kappa shape index (κ1) is 11.8. The highest BCUT2D eigenvalue weighted by atomic mass is 16.6. The molecule has 1 unspecified atom stereocenters. The molecule has 1 fully saturated rings. The zero-order chi connectivity index (χ0) is 12.4. The van der Waals surface area contributed by atoms with E-state index in [0.717, 1.165) is 37.7 Å². The summed E-state index contributed by atoms with van der Waals surface area (Å²) in [6, 6.07) is 6.77. The van der Waals surface area contributed by atoms with Gasteiger partial charge in [-0.25, -0.2) is 0 Å². The van der Waals surface area contributed by atoms with Gasteiger partial charge in [0.25, 0.3) is 0 Å². The van der Waals surface area contributed by atoms with E-state index >= 15 is 0 Å². The highest BCUT2D eigenvalue weighted by Gasteiger charge is 2.24. The van der Waals surface area contributed by atoms with Crippen molar-refractivity contribution in [1.82, 2.24) is 10.2 Å². The molecule has 2 aliphatic rings. The van der Waals surface area contributed by atoms with Gasteiger partial charge in [-0.2, -0.15) is 0 Å². The van der Waals surface area contributed by atoms with Crippen LogP contribution in [0.5, 0.6) is 11.5 Å². The van der Waals surface area contributed by atoms with Crippen molar-refractivity contribution in [3.05, 3.63) is 23.8 Å². The molecule has 4 heteroatoms. The lowest BCUT2D eigenvalue weighted by Crippen LogP contribution is -2.45. The number of benzene rings is 1. The SMILES string of the molecule is CCN1CCNCC1c1ccc2c(c1)OCCO2. The number of hydrogen-bond acceptors (Lipinski definition) is 4.